The first-order valence-electron chi connectivity index (χ1n) is 11.2. The SMILES string of the molecule is CCCCNC(=O)c1ccc(-c2ccc3nnn(Cc4cccc5cccnc45)c3n2)cc1F. The van der Waals surface area contributed by atoms with Gasteiger partial charge in [0.2, 0.25) is 0 Å². The van der Waals surface area contributed by atoms with Crippen molar-refractivity contribution in [2.45, 2.75) is 26.3 Å². The molecule has 0 bridgehead atoms. The van der Waals surface area contributed by atoms with E-state index in [1.165, 1.54) is 12.1 Å². The maximum Gasteiger partial charge on any atom is 0.254 e. The molecule has 1 amide bonds. The van der Waals surface area contributed by atoms with Gasteiger partial charge in [-0.1, -0.05) is 48.9 Å². The Morgan fingerprint density at radius 1 is 1.09 bits per heavy atom. The standard InChI is InChI=1S/C26H23FN6O/c1-2-3-13-29-26(34)20-10-9-18(15-21(20)27)22-11-12-23-25(30-22)33(32-31-23)16-19-7-4-6-17-8-5-14-28-24(17)19/h4-12,14-15H,2-3,13,16H2,1H3,(H,29,34). The smallest absolute Gasteiger partial charge is 0.254 e. The molecule has 3 heterocycles. The van der Waals surface area contributed by atoms with Crippen molar-refractivity contribution in [3.8, 4) is 11.3 Å². The third-order valence-corrected chi connectivity index (χ3v) is 5.72. The van der Waals surface area contributed by atoms with Crippen molar-refractivity contribution < 1.29 is 9.18 Å². The molecule has 5 aromatic rings. The zero-order chi connectivity index (χ0) is 23.5. The lowest BCUT2D eigenvalue weighted by atomic mass is 10.1. The molecular weight excluding hydrogens is 431 g/mol. The molecule has 0 fully saturated rings. The molecule has 0 spiro atoms. The van der Waals surface area contributed by atoms with E-state index in [2.05, 4.69) is 20.6 Å². The van der Waals surface area contributed by atoms with E-state index in [-0.39, 0.29) is 5.56 Å². The molecule has 34 heavy (non-hydrogen) atoms. The summed E-state index contributed by atoms with van der Waals surface area (Å²) in [5.74, 6) is -0.992. The highest BCUT2D eigenvalue weighted by Gasteiger charge is 2.15. The Hall–Kier alpha value is -4.20. The van der Waals surface area contributed by atoms with Crippen molar-refractivity contribution in [3.05, 3.63) is 83.8 Å². The van der Waals surface area contributed by atoms with Gasteiger partial charge in [-0.3, -0.25) is 9.78 Å². The van der Waals surface area contributed by atoms with Gasteiger partial charge < -0.3 is 5.32 Å². The first-order valence-corrected chi connectivity index (χ1v) is 11.2. The molecule has 1 N–H and O–H groups in total. The summed E-state index contributed by atoms with van der Waals surface area (Å²) >= 11 is 0. The quantitative estimate of drug-likeness (QED) is 0.359. The van der Waals surface area contributed by atoms with Crippen LogP contribution in [0.15, 0.2) is 66.9 Å². The van der Waals surface area contributed by atoms with E-state index in [1.54, 1.807) is 23.0 Å². The predicted molar refractivity (Wildman–Crippen MR) is 129 cm³/mol. The van der Waals surface area contributed by atoms with E-state index in [1.807, 2.05) is 43.3 Å². The lowest BCUT2D eigenvalue weighted by molar-refractivity contribution is 0.0949. The van der Waals surface area contributed by atoms with Gasteiger partial charge in [0, 0.05) is 23.7 Å². The van der Waals surface area contributed by atoms with Crippen molar-refractivity contribution in [1.29, 1.82) is 0 Å². The number of fused-ring (bicyclic) bond motifs is 2. The van der Waals surface area contributed by atoms with Crippen molar-refractivity contribution in [3.63, 3.8) is 0 Å². The molecule has 5 rings (SSSR count). The second-order valence-electron chi connectivity index (χ2n) is 8.08. The predicted octanol–water partition coefficient (Wildman–Crippen LogP) is 4.76. The molecule has 7 nitrogen and oxygen atoms in total. The second-order valence-corrected chi connectivity index (χ2v) is 8.08. The molecule has 0 radical (unpaired) electrons. The normalized spacial score (nSPS) is 11.2. The number of para-hydroxylation sites is 1. The number of hydrogen-bond acceptors (Lipinski definition) is 5. The third kappa shape index (κ3) is 4.22. The van der Waals surface area contributed by atoms with Gasteiger partial charge in [-0.25, -0.2) is 14.1 Å². The highest BCUT2D eigenvalue weighted by Crippen LogP contribution is 2.24. The topological polar surface area (TPSA) is 85.6 Å². The summed E-state index contributed by atoms with van der Waals surface area (Å²) in [6.07, 6.45) is 3.58. The van der Waals surface area contributed by atoms with Crippen LogP contribution in [0.3, 0.4) is 0 Å². The van der Waals surface area contributed by atoms with Gasteiger partial charge >= 0.3 is 0 Å². The van der Waals surface area contributed by atoms with Gasteiger partial charge in [0.05, 0.1) is 23.3 Å². The molecule has 8 heteroatoms. The van der Waals surface area contributed by atoms with Gasteiger partial charge in [0.15, 0.2) is 5.65 Å². The van der Waals surface area contributed by atoms with Crippen LogP contribution in [-0.4, -0.2) is 37.4 Å². The Morgan fingerprint density at radius 2 is 1.97 bits per heavy atom. The van der Waals surface area contributed by atoms with E-state index in [0.29, 0.717) is 35.5 Å². The maximum absolute atomic E-state index is 14.7. The summed E-state index contributed by atoms with van der Waals surface area (Å²) in [7, 11) is 0. The minimum absolute atomic E-state index is 0.0242. The highest BCUT2D eigenvalue weighted by molar-refractivity contribution is 5.95. The Morgan fingerprint density at radius 3 is 2.82 bits per heavy atom. The number of carbonyl (C=O) groups is 1. The Bertz CT molecular complexity index is 1490. The van der Waals surface area contributed by atoms with Crippen molar-refractivity contribution in [1.82, 2.24) is 30.3 Å². The van der Waals surface area contributed by atoms with Crippen LogP contribution in [0.4, 0.5) is 4.39 Å². The minimum atomic E-state index is -0.582. The number of unbranched alkanes of at least 4 members (excludes halogenated alkanes) is 1. The van der Waals surface area contributed by atoms with Crippen LogP contribution in [0.2, 0.25) is 0 Å². The lowest BCUT2D eigenvalue weighted by Crippen LogP contribution is -2.25. The Labute approximate surface area is 195 Å². The average molecular weight is 455 g/mol. The van der Waals surface area contributed by atoms with Gasteiger partial charge in [-0.2, -0.15) is 0 Å². The van der Waals surface area contributed by atoms with Crippen LogP contribution in [0.1, 0.15) is 35.7 Å². The third-order valence-electron chi connectivity index (χ3n) is 5.72. The Kier molecular flexibility index (Phi) is 5.95. The highest BCUT2D eigenvalue weighted by atomic mass is 19.1. The molecule has 0 unspecified atom stereocenters. The first kappa shape index (κ1) is 21.6. The monoisotopic (exact) mass is 454 g/mol. The molecule has 170 valence electrons. The number of nitrogens with one attached hydrogen (secondary N) is 1. The number of nitrogens with zero attached hydrogens (tertiary/aromatic N) is 5. The summed E-state index contributed by atoms with van der Waals surface area (Å²) in [6, 6.07) is 18.1. The van der Waals surface area contributed by atoms with Gasteiger partial charge in [-0.15, -0.1) is 5.10 Å². The van der Waals surface area contributed by atoms with Crippen LogP contribution >= 0.6 is 0 Å². The molecule has 3 aromatic heterocycles. The Balaban J connectivity index is 1.45. The van der Waals surface area contributed by atoms with Crippen LogP contribution in [-0.2, 0) is 6.54 Å². The van der Waals surface area contributed by atoms with Crippen LogP contribution < -0.4 is 5.32 Å². The van der Waals surface area contributed by atoms with Crippen molar-refractivity contribution in [2.24, 2.45) is 0 Å². The number of halogens is 1. The number of carbonyl (C=O) groups excluding carboxylic acids is 1. The summed E-state index contributed by atoms with van der Waals surface area (Å²) in [4.78, 5) is 21.5. The average Bonchev–Trinajstić information content (AvgIpc) is 3.26. The number of hydrogen-bond donors (Lipinski definition) is 1. The molecule has 0 aliphatic heterocycles. The molecule has 0 aliphatic rings. The molecule has 0 aliphatic carbocycles. The summed E-state index contributed by atoms with van der Waals surface area (Å²) < 4.78 is 16.5. The van der Waals surface area contributed by atoms with E-state index in [4.69, 9.17) is 4.98 Å². The zero-order valence-corrected chi connectivity index (χ0v) is 18.7. The fourth-order valence-corrected chi connectivity index (χ4v) is 3.91. The summed E-state index contributed by atoms with van der Waals surface area (Å²) in [5, 5.41) is 12.3. The second kappa shape index (κ2) is 9.35. The van der Waals surface area contributed by atoms with E-state index in [9.17, 15) is 9.18 Å². The first-order chi connectivity index (χ1) is 16.6. The van der Waals surface area contributed by atoms with Crippen LogP contribution in [0.5, 0.6) is 0 Å². The lowest BCUT2D eigenvalue weighted by Gasteiger charge is -2.08. The van der Waals surface area contributed by atoms with E-state index >= 15 is 0 Å². The molecular formula is C26H23FN6O. The number of rotatable bonds is 7. The number of aromatic nitrogens is 5. The van der Waals surface area contributed by atoms with Gasteiger partial charge in [0.1, 0.15) is 11.3 Å². The fraction of sp³-hybridized carbons (Fsp3) is 0.192. The van der Waals surface area contributed by atoms with Gasteiger partial charge in [0.25, 0.3) is 5.91 Å². The number of pyridine rings is 2. The minimum Gasteiger partial charge on any atom is -0.352 e. The number of amides is 1. The molecule has 0 atom stereocenters. The van der Waals surface area contributed by atoms with E-state index < -0.39 is 11.7 Å². The largest absolute Gasteiger partial charge is 0.352 e. The molecule has 2 aromatic carbocycles. The number of benzene rings is 2. The van der Waals surface area contributed by atoms with Crippen LogP contribution in [0.25, 0.3) is 33.3 Å². The fourth-order valence-electron chi connectivity index (χ4n) is 3.91. The maximum atomic E-state index is 14.7. The molecule has 0 saturated carbocycles. The summed E-state index contributed by atoms with van der Waals surface area (Å²) in [6.45, 7) is 3.01. The van der Waals surface area contributed by atoms with E-state index in [0.717, 1.165) is 29.3 Å². The molecule has 0 saturated heterocycles. The van der Waals surface area contributed by atoms with Crippen LogP contribution in [0, 0.1) is 5.82 Å². The van der Waals surface area contributed by atoms with Crippen molar-refractivity contribution >= 4 is 28.0 Å². The van der Waals surface area contributed by atoms with Gasteiger partial charge in [-0.05, 0) is 42.3 Å². The summed E-state index contributed by atoms with van der Waals surface area (Å²) in [5.41, 5.74) is 4.31. The van der Waals surface area contributed by atoms with Crippen molar-refractivity contribution in [2.75, 3.05) is 6.54 Å². The zero-order valence-electron chi connectivity index (χ0n) is 18.7.